The van der Waals surface area contributed by atoms with Crippen molar-refractivity contribution in [2.45, 2.75) is 19.3 Å². The molecule has 0 unspecified atom stereocenters. The number of aryl methyl sites for hydroxylation is 1. The summed E-state index contributed by atoms with van der Waals surface area (Å²) in [5, 5.41) is 0. The average Bonchev–Trinajstić information content (AvgIpc) is 2.18. The van der Waals surface area contributed by atoms with E-state index in [4.69, 9.17) is 5.73 Å². The maximum atomic E-state index is 13.0. The second kappa shape index (κ2) is 3.93. The molecule has 2 rings (SSSR count). The number of nitrogens with two attached hydrogens (primary N) is 1. The van der Waals surface area contributed by atoms with Crippen LogP contribution >= 0.6 is 0 Å². The molecular formula is C12H14FN. The zero-order valence-corrected chi connectivity index (χ0v) is 8.09. The van der Waals surface area contributed by atoms with Crippen molar-refractivity contribution in [1.82, 2.24) is 0 Å². The molecule has 0 radical (unpaired) electrons. The molecule has 0 spiro atoms. The monoisotopic (exact) mass is 191 g/mol. The minimum absolute atomic E-state index is 0.141. The molecule has 0 aromatic heterocycles. The number of fused-ring (bicyclic) bond motifs is 1. The SMILES string of the molecule is NCCC1=CCCc2cc(F)ccc21. The van der Waals surface area contributed by atoms with E-state index < -0.39 is 0 Å². The van der Waals surface area contributed by atoms with E-state index in [1.807, 2.05) is 6.07 Å². The summed E-state index contributed by atoms with van der Waals surface area (Å²) in [5.74, 6) is -0.141. The van der Waals surface area contributed by atoms with Gasteiger partial charge in [-0.05, 0) is 54.6 Å². The highest BCUT2D eigenvalue weighted by Crippen LogP contribution is 2.28. The van der Waals surface area contributed by atoms with Gasteiger partial charge in [0.25, 0.3) is 0 Å². The first-order chi connectivity index (χ1) is 6.81. The summed E-state index contributed by atoms with van der Waals surface area (Å²) >= 11 is 0. The summed E-state index contributed by atoms with van der Waals surface area (Å²) in [6.07, 6.45) is 5.05. The third-order valence-electron chi connectivity index (χ3n) is 2.63. The molecule has 0 fully saturated rings. The number of hydrogen-bond acceptors (Lipinski definition) is 1. The van der Waals surface area contributed by atoms with Gasteiger partial charge in [-0.1, -0.05) is 12.1 Å². The van der Waals surface area contributed by atoms with E-state index in [-0.39, 0.29) is 5.82 Å². The quantitative estimate of drug-likeness (QED) is 0.763. The molecule has 1 aliphatic carbocycles. The molecule has 2 N–H and O–H groups in total. The first-order valence-electron chi connectivity index (χ1n) is 4.99. The van der Waals surface area contributed by atoms with Crippen molar-refractivity contribution in [2.75, 3.05) is 6.54 Å². The van der Waals surface area contributed by atoms with Crippen LogP contribution in [0, 0.1) is 5.82 Å². The summed E-state index contributed by atoms with van der Waals surface area (Å²) in [4.78, 5) is 0. The number of rotatable bonds is 2. The van der Waals surface area contributed by atoms with Gasteiger partial charge in [-0.15, -0.1) is 0 Å². The topological polar surface area (TPSA) is 26.0 Å². The van der Waals surface area contributed by atoms with Crippen LogP contribution in [0.4, 0.5) is 4.39 Å². The zero-order chi connectivity index (χ0) is 9.97. The Kier molecular flexibility index (Phi) is 2.64. The largest absolute Gasteiger partial charge is 0.330 e. The minimum Gasteiger partial charge on any atom is -0.330 e. The van der Waals surface area contributed by atoms with Crippen molar-refractivity contribution in [1.29, 1.82) is 0 Å². The van der Waals surface area contributed by atoms with E-state index >= 15 is 0 Å². The summed E-state index contributed by atoms with van der Waals surface area (Å²) in [7, 11) is 0. The van der Waals surface area contributed by atoms with Gasteiger partial charge in [0, 0.05) is 0 Å². The first kappa shape index (κ1) is 9.41. The Morgan fingerprint density at radius 2 is 2.21 bits per heavy atom. The van der Waals surface area contributed by atoms with Gasteiger partial charge in [0.2, 0.25) is 0 Å². The smallest absolute Gasteiger partial charge is 0.123 e. The van der Waals surface area contributed by atoms with Crippen LogP contribution in [-0.4, -0.2) is 6.54 Å². The Morgan fingerprint density at radius 1 is 1.36 bits per heavy atom. The van der Waals surface area contributed by atoms with Gasteiger partial charge >= 0.3 is 0 Å². The molecule has 0 atom stereocenters. The molecule has 1 aliphatic rings. The molecule has 74 valence electrons. The standard InChI is InChI=1S/C12H14FN/c13-11-4-5-12-9(6-7-14)2-1-3-10(12)8-11/h2,4-5,8H,1,3,6-7,14H2. The van der Waals surface area contributed by atoms with Crippen LogP contribution in [0.25, 0.3) is 5.57 Å². The molecule has 2 heteroatoms. The molecule has 0 saturated heterocycles. The highest BCUT2D eigenvalue weighted by Gasteiger charge is 2.12. The van der Waals surface area contributed by atoms with Crippen molar-refractivity contribution in [3.63, 3.8) is 0 Å². The van der Waals surface area contributed by atoms with E-state index in [0.717, 1.165) is 24.8 Å². The molecule has 0 aliphatic heterocycles. The van der Waals surface area contributed by atoms with Crippen LogP contribution in [0.3, 0.4) is 0 Å². The molecule has 0 saturated carbocycles. The second-order valence-corrected chi connectivity index (χ2v) is 3.61. The van der Waals surface area contributed by atoms with Crippen LogP contribution in [0.15, 0.2) is 24.3 Å². The minimum atomic E-state index is -0.141. The van der Waals surface area contributed by atoms with Crippen molar-refractivity contribution in [2.24, 2.45) is 5.73 Å². The third-order valence-corrected chi connectivity index (χ3v) is 2.63. The van der Waals surface area contributed by atoms with Crippen LogP contribution in [0.2, 0.25) is 0 Å². The summed E-state index contributed by atoms with van der Waals surface area (Å²) < 4.78 is 13.0. The Balaban J connectivity index is 2.38. The predicted octanol–water partition coefficient (Wildman–Crippen LogP) is 2.50. The van der Waals surface area contributed by atoms with Crippen LogP contribution in [-0.2, 0) is 6.42 Å². The lowest BCUT2D eigenvalue weighted by atomic mass is 9.89. The van der Waals surface area contributed by atoms with Crippen LogP contribution < -0.4 is 5.73 Å². The maximum absolute atomic E-state index is 13.0. The van der Waals surface area contributed by atoms with Gasteiger partial charge in [0.1, 0.15) is 5.82 Å². The van der Waals surface area contributed by atoms with E-state index in [9.17, 15) is 4.39 Å². The Morgan fingerprint density at radius 3 is 3.00 bits per heavy atom. The fraction of sp³-hybridized carbons (Fsp3) is 0.333. The summed E-state index contributed by atoms with van der Waals surface area (Å²) in [6, 6.07) is 5.03. The van der Waals surface area contributed by atoms with E-state index in [2.05, 4.69) is 6.08 Å². The molecule has 0 amide bonds. The third kappa shape index (κ3) is 1.70. The zero-order valence-electron chi connectivity index (χ0n) is 8.09. The first-order valence-corrected chi connectivity index (χ1v) is 4.99. The van der Waals surface area contributed by atoms with Gasteiger partial charge in [0.15, 0.2) is 0 Å². The lowest BCUT2D eigenvalue weighted by Crippen LogP contribution is -2.05. The highest BCUT2D eigenvalue weighted by molar-refractivity contribution is 5.70. The van der Waals surface area contributed by atoms with E-state index in [0.29, 0.717) is 6.54 Å². The Bertz CT molecular complexity index is 369. The normalized spacial score (nSPS) is 14.9. The molecule has 0 heterocycles. The lowest BCUT2D eigenvalue weighted by molar-refractivity contribution is 0.624. The van der Waals surface area contributed by atoms with Gasteiger partial charge in [-0.3, -0.25) is 0 Å². The molecule has 1 nitrogen and oxygen atoms in total. The molecular weight excluding hydrogens is 177 g/mol. The predicted molar refractivity (Wildman–Crippen MR) is 56.4 cm³/mol. The molecule has 0 bridgehead atoms. The van der Waals surface area contributed by atoms with Gasteiger partial charge in [-0.2, -0.15) is 0 Å². The Hall–Kier alpha value is -1.15. The van der Waals surface area contributed by atoms with Crippen molar-refractivity contribution in [3.8, 4) is 0 Å². The highest BCUT2D eigenvalue weighted by atomic mass is 19.1. The summed E-state index contributed by atoms with van der Waals surface area (Å²) in [6.45, 7) is 0.655. The number of hydrogen-bond donors (Lipinski definition) is 1. The van der Waals surface area contributed by atoms with Crippen molar-refractivity contribution < 1.29 is 4.39 Å². The maximum Gasteiger partial charge on any atom is 0.123 e. The van der Waals surface area contributed by atoms with E-state index in [1.54, 1.807) is 6.07 Å². The van der Waals surface area contributed by atoms with Gasteiger partial charge in [-0.25, -0.2) is 4.39 Å². The fourth-order valence-electron chi connectivity index (χ4n) is 1.99. The molecule has 1 aromatic rings. The summed E-state index contributed by atoms with van der Waals surface area (Å²) in [5.41, 5.74) is 9.11. The second-order valence-electron chi connectivity index (χ2n) is 3.61. The average molecular weight is 191 g/mol. The molecule has 14 heavy (non-hydrogen) atoms. The van der Waals surface area contributed by atoms with Crippen LogP contribution in [0.5, 0.6) is 0 Å². The number of benzene rings is 1. The Labute approximate surface area is 83.4 Å². The van der Waals surface area contributed by atoms with Gasteiger partial charge in [0.05, 0.1) is 0 Å². The number of allylic oxidation sites excluding steroid dienone is 1. The van der Waals surface area contributed by atoms with Gasteiger partial charge < -0.3 is 5.73 Å². The molecule has 1 aromatic carbocycles. The van der Waals surface area contributed by atoms with E-state index in [1.165, 1.54) is 17.2 Å². The van der Waals surface area contributed by atoms with Crippen molar-refractivity contribution in [3.05, 3.63) is 41.2 Å². The van der Waals surface area contributed by atoms with Crippen molar-refractivity contribution >= 4 is 5.57 Å². The number of halogens is 1. The fourth-order valence-corrected chi connectivity index (χ4v) is 1.99. The lowest BCUT2D eigenvalue weighted by Gasteiger charge is -2.17. The van der Waals surface area contributed by atoms with Crippen LogP contribution in [0.1, 0.15) is 24.0 Å².